The van der Waals surface area contributed by atoms with Crippen molar-refractivity contribution in [1.82, 2.24) is 4.98 Å². The predicted octanol–water partition coefficient (Wildman–Crippen LogP) is 2.26. The SMILES string of the molecule is OCc1nc2ccc(C(F)F)cc2o1. The van der Waals surface area contributed by atoms with Crippen molar-refractivity contribution in [2.24, 2.45) is 0 Å². The van der Waals surface area contributed by atoms with Gasteiger partial charge in [-0.05, 0) is 12.1 Å². The van der Waals surface area contributed by atoms with E-state index in [-0.39, 0.29) is 23.6 Å². The number of hydrogen-bond donors (Lipinski definition) is 1. The number of aliphatic hydroxyl groups is 1. The first kappa shape index (κ1) is 9.08. The molecule has 2 rings (SSSR count). The molecule has 0 saturated carbocycles. The molecule has 1 N–H and O–H groups in total. The van der Waals surface area contributed by atoms with Crippen molar-refractivity contribution in [1.29, 1.82) is 0 Å². The number of hydrogen-bond acceptors (Lipinski definition) is 3. The number of aliphatic hydroxyl groups excluding tert-OH is 1. The van der Waals surface area contributed by atoms with E-state index < -0.39 is 6.43 Å². The summed E-state index contributed by atoms with van der Waals surface area (Å²) in [4.78, 5) is 3.87. The highest BCUT2D eigenvalue weighted by Gasteiger charge is 2.10. The summed E-state index contributed by atoms with van der Waals surface area (Å²) in [5.74, 6) is 0.131. The number of oxazole rings is 1. The first-order chi connectivity index (χ1) is 6.70. The van der Waals surface area contributed by atoms with E-state index >= 15 is 0 Å². The molecule has 1 heterocycles. The Morgan fingerprint density at radius 3 is 2.86 bits per heavy atom. The molecule has 0 radical (unpaired) electrons. The van der Waals surface area contributed by atoms with Crippen molar-refractivity contribution in [3.8, 4) is 0 Å². The van der Waals surface area contributed by atoms with Gasteiger partial charge < -0.3 is 9.52 Å². The van der Waals surface area contributed by atoms with Crippen molar-refractivity contribution >= 4 is 11.1 Å². The van der Waals surface area contributed by atoms with Crippen LogP contribution in [0.3, 0.4) is 0 Å². The Bertz CT molecular complexity index is 453. The van der Waals surface area contributed by atoms with Crippen LogP contribution >= 0.6 is 0 Å². The third-order valence-corrected chi connectivity index (χ3v) is 1.84. The molecule has 0 aliphatic carbocycles. The van der Waals surface area contributed by atoms with E-state index in [4.69, 9.17) is 9.52 Å². The van der Waals surface area contributed by atoms with Gasteiger partial charge in [0.05, 0.1) is 0 Å². The van der Waals surface area contributed by atoms with Crippen LogP contribution < -0.4 is 0 Å². The van der Waals surface area contributed by atoms with Crippen molar-refractivity contribution in [2.75, 3.05) is 0 Å². The van der Waals surface area contributed by atoms with Gasteiger partial charge in [0, 0.05) is 5.56 Å². The Kier molecular flexibility index (Phi) is 2.17. The minimum atomic E-state index is -2.53. The quantitative estimate of drug-likeness (QED) is 0.806. The van der Waals surface area contributed by atoms with E-state index in [1.54, 1.807) is 0 Å². The second-order valence-electron chi connectivity index (χ2n) is 2.79. The zero-order chi connectivity index (χ0) is 10.1. The predicted molar refractivity (Wildman–Crippen MR) is 44.9 cm³/mol. The second kappa shape index (κ2) is 3.34. The summed E-state index contributed by atoms with van der Waals surface area (Å²) in [5, 5.41) is 8.71. The Morgan fingerprint density at radius 2 is 2.21 bits per heavy atom. The molecule has 0 amide bonds. The van der Waals surface area contributed by atoms with Gasteiger partial charge in [0.25, 0.3) is 6.43 Å². The van der Waals surface area contributed by atoms with Crippen LogP contribution in [0, 0.1) is 0 Å². The first-order valence-electron chi connectivity index (χ1n) is 3.99. The fraction of sp³-hybridized carbons (Fsp3) is 0.222. The van der Waals surface area contributed by atoms with E-state index in [2.05, 4.69) is 4.98 Å². The molecule has 0 aliphatic rings. The lowest BCUT2D eigenvalue weighted by Gasteiger charge is -1.96. The summed E-state index contributed by atoms with van der Waals surface area (Å²) in [6, 6.07) is 3.96. The standard InChI is InChI=1S/C9H7F2NO2/c10-9(11)5-1-2-6-7(3-5)14-8(4-13)12-6/h1-3,9,13H,4H2. The largest absolute Gasteiger partial charge is 0.438 e. The van der Waals surface area contributed by atoms with Gasteiger partial charge in [-0.1, -0.05) is 6.07 Å². The van der Waals surface area contributed by atoms with E-state index in [1.165, 1.54) is 18.2 Å². The molecule has 74 valence electrons. The minimum Gasteiger partial charge on any atom is -0.438 e. The van der Waals surface area contributed by atoms with E-state index in [1.807, 2.05) is 0 Å². The summed E-state index contributed by atoms with van der Waals surface area (Å²) in [6.07, 6.45) is -2.53. The van der Waals surface area contributed by atoms with Gasteiger partial charge in [-0.2, -0.15) is 0 Å². The normalized spacial score (nSPS) is 11.4. The van der Waals surface area contributed by atoms with Gasteiger partial charge in [-0.15, -0.1) is 0 Å². The third kappa shape index (κ3) is 1.46. The molecule has 2 aromatic rings. The molecule has 0 saturated heterocycles. The third-order valence-electron chi connectivity index (χ3n) is 1.84. The Hall–Kier alpha value is -1.49. The fourth-order valence-corrected chi connectivity index (χ4v) is 1.19. The van der Waals surface area contributed by atoms with Crippen LogP contribution in [0.1, 0.15) is 17.9 Å². The van der Waals surface area contributed by atoms with Gasteiger partial charge in [0.2, 0.25) is 5.89 Å². The summed E-state index contributed by atoms with van der Waals surface area (Å²) in [5.41, 5.74) is 0.628. The fourth-order valence-electron chi connectivity index (χ4n) is 1.19. The zero-order valence-corrected chi connectivity index (χ0v) is 7.08. The van der Waals surface area contributed by atoms with Crippen LogP contribution in [0.2, 0.25) is 0 Å². The molecule has 3 nitrogen and oxygen atoms in total. The van der Waals surface area contributed by atoms with Crippen molar-refractivity contribution in [2.45, 2.75) is 13.0 Å². The summed E-state index contributed by atoms with van der Waals surface area (Å²) < 4.78 is 29.6. The van der Waals surface area contributed by atoms with Crippen molar-refractivity contribution < 1.29 is 18.3 Å². The first-order valence-corrected chi connectivity index (χ1v) is 3.99. The average molecular weight is 199 g/mol. The van der Waals surface area contributed by atoms with Gasteiger partial charge >= 0.3 is 0 Å². The van der Waals surface area contributed by atoms with Crippen LogP contribution in [0.15, 0.2) is 22.6 Å². The molecular weight excluding hydrogens is 192 g/mol. The topological polar surface area (TPSA) is 46.3 Å². The monoisotopic (exact) mass is 199 g/mol. The maximum absolute atomic E-state index is 12.3. The molecular formula is C9H7F2NO2. The van der Waals surface area contributed by atoms with Gasteiger partial charge in [-0.3, -0.25) is 0 Å². The Morgan fingerprint density at radius 1 is 1.43 bits per heavy atom. The molecule has 5 heteroatoms. The lowest BCUT2D eigenvalue weighted by Crippen LogP contribution is -1.82. The molecule has 0 atom stereocenters. The minimum absolute atomic E-state index is 0.113. The number of halogens is 2. The van der Waals surface area contributed by atoms with Crippen molar-refractivity contribution in [3.63, 3.8) is 0 Å². The highest BCUT2D eigenvalue weighted by Crippen LogP contribution is 2.24. The van der Waals surface area contributed by atoms with Gasteiger partial charge in [0.1, 0.15) is 12.1 Å². The number of rotatable bonds is 2. The van der Waals surface area contributed by atoms with Crippen molar-refractivity contribution in [3.05, 3.63) is 29.7 Å². The summed E-state index contributed by atoms with van der Waals surface area (Å²) >= 11 is 0. The maximum atomic E-state index is 12.3. The number of benzene rings is 1. The number of alkyl halides is 2. The summed E-state index contributed by atoms with van der Waals surface area (Å²) in [6.45, 7) is -0.335. The van der Waals surface area contributed by atoms with Crippen LogP contribution in [-0.2, 0) is 6.61 Å². The highest BCUT2D eigenvalue weighted by atomic mass is 19.3. The smallest absolute Gasteiger partial charge is 0.263 e. The van der Waals surface area contributed by atoms with Crippen LogP contribution in [0.5, 0.6) is 0 Å². The molecule has 0 fully saturated rings. The van der Waals surface area contributed by atoms with Crippen LogP contribution in [-0.4, -0.2) is 10.1 Å². The molecule has 0 aliphatic heterocycles. The number of nitrogens with zero attached hydrogens (tertiary/aromatic N) is 1. The van der Waals surface area contributed by atoms with E-state index in [0.717, 1.165) is 0 Å². The Labute approximate surface area is 78.0 Å². The summed E-state index contributed by atoms with van der Waals surface area (Å²) in [7, 11) is 0. The molecule has 0 spiro atoms. The molecule has 1 aromatic heterocycles. The highest BCUT2D eigenvalue weighted by molar-refractivity contribution is 5.73. The lowest BCUT2D eigenvalue weighted by atomic mass is 10.2. The molecule has 0 bridgehead atoms. The maximum Gasteiger partial charge on any atom is 0.263 e. The zero-order valence-electron chi connectivity index (χ0n) is 7.08. The van der Waals surface area contributed by atoms with Gasteiger partial charge in [-0.25, -0.2) is 13.8 Å². The van der Waals surface area contributed by atoms with Crippen LogP contribution in [0.4, 0.5) is 8.78 Å². The molecule has 14 heavy (non-hydrogen) atoms. The number of aromatic nitrogens is 1. The van der Waals surface area contributed by atoms with E-state index in [0.29, 0.717) is 5.52 Å². The lowest BCUT2D eigenvalue weighted by molar-refractivity contribution is 0.151. The van der Waals surface area contributed by atoms with Crippen LogP contribution in [0.25, 0.3) is 11.1 Å². The molecule has 1 aromatic carbocycles. The Balaban J connectivity index is 2.54. The number of fused-ring (bicyclic) bond motifs is 1. The van der Waals surface area contributed by atoms with E-state index in [9.17, 15) is 8.78 Å². The van der Waals surface area contributed by atoms with Gasteiger partial charge in [0.15, 0.2) is 5.58 Å². The second-order valence-corrected chi connectivity index (χ2v) is 2.79. The molecule has 0 unspecified atom stereocenters. The average Bonchev–Trinajstić information content (AvgIpc) is 2.58.